The summed E-state index contributed by atoms with van der Waals surface area (Å²) in [5.41, 5.74) is 0.668. The number of anilines is 1. The first-order valence-electron chi connectivity index (χ1n) is 9.66. The molecule has 4 heterocycles. The van der Waals surface area contributed by atoms with Crippen LogP contribution in [0, 0.1) is 17.8 Å². The second-order valence-electron chi connectivity index (χ2n) is 7.75. The molecule has 0 amide bonds. The van der Waals surface area contributed by atoms with Crippen molar-refractivity contribution in [3.8, 4) is 5.88 Å². The molecule has 30 heavy (non-hydrogen) atoms. The van der Waals surface area contributed by atoms with Crippen LogP contribution in [0.25, 0.3) is 11.2 Å². The number of fused-ring (bicyclic) bond motifs is 8. The van der Waals surface area contributed by atoms with Crippen molar-refractivity contribution in [1.29, 1.82) is 0 Å². The van der Waals surface area contributed by atoms with E-state index in [-0.39, 0.29) is 46.5 Å². The molecule has 0 saturated heterocycles. The van der Waals surface area contributed by atoms with E-state index in [1.807, 2.05) is 18.2 Å². The van der Waals surface area contributed by atoms with Crippen LogP contribution >= 0.6 is 0 Å². The minimum Gasteiger partial charge on any atom is -0.449 e. The minimum atomic E-state index is -1.52. The van der Waals surface area contributed by atoms with Crippen LogP contribution in [-0.4, -0.2) is 35.8 Å². The van der Waals surface area contributed by atoms with Crippen molar-refractivity contribution in [3.63, 3.8) is 0 Å². The van der Waals surface area contributed by atoms with Crippen molar-refractivity contribution in [2.75, 3.05) is 5.32 Å². The zero-order valence-corrected chi connectivity index (χ0v) is 15.5. The van der Waals surface area contributed by atoms with Crippen LogP contribution in [0.1, 0.15) is 24.2 Å². The molecule has 2 bridgehead atoms. The van der Waals surface area contributed by atoms with Gasteiger partial charge in [-0.05, 0) is 30.4 Å². The van der Waals surface area contributed by atoms with Crippen LogP contribution in [0.4, 0.5) is 10.7 Å². The molecule has 6 rings (SSSR count). The van der Waals surface area contributed by atoms with Crippen LogP contribution in [-0.2, 0) is 0 Å². The highest BCUT2D eigenvalue weighted by Crippen LogP contribution is 2.57. The molecule has 1 fully saturated rings. The van der Waals surface area contributed by atoms with E-state index in [0.29, 0.717) is 11.9 Å². The lowest BCUT2D eigenvalue weighted by Gasteiger charge is -2.41. The zero-order valence-electron chi connectivity index (χ0n) is 15.5. The average molecular weight is 404 g/mol. The molecule has 0 spiro atoms. The third-order valence-corrected chi connectivity index (χ3v) is 6.24. The van der Waals surface area contributed by atoms with Gasteiger partial charge in [-0.2, -0.15) is 4.98 Å². The SMILES string of the molecule is O=C(O)Oc1cnc2nc3n(c(=O)c2n1)C1C2C=CC(C2)C1C(c1ccccn1)N3. The van der Waals surface area contributed by atoms with E-state index >= 15 is 0 Å². The highest BCUT2D eigenvalue weighted by molar-refractivity contribution is 5.71. The van der Waals surface area contributed by atoms with Gasteiger partial charge in [0.25, 0.3) is 5.56 Å². The quantitative estimate of drug-likeness (QED) is 0.487. The van der Waals surface area contributed by atoms with Gasteiger partial charge in [-0.25, -0.2) is 14.8 Å². The second kappa shape index (κ2) is 6.09. The Morgan fingerprint density at radius 2 is 2.07 bits per heavy atom. The van der Waals surface area contributed by atoms with Gasteiger partial charge in [0, 0.05) is 12.1 Å². The lowest BCUT2D eigenvalue weighted by Crippen LogP contribution is -2.44. The summed E-state index contributed by atoms with van der Waals surface area (Å²) in [7, 11) is 0. The van der Waals surface area contributed by atoms with E-state index < -0.39 is 6.16 Å². The first kappa shape index (κ1) is 17.1. The van der Waals surface area contributed by atoms with E-state index in [0.717, 1.165) is 18.3 Å². The number of carbonyl (C=O) groups is 1. The number of rotatable bonds is 2. The Morgan fingerprint density at radius 1 is 1.20 bits per heavy atom. The lowest BCUT2D eigenvalue weighted by atomic mass is 9.80. The third-order valence-electron chi connectivity index (χ3n) is 6.24. The molecule has 3 aliphatic rings. The number of nitrogens with one attached hydrogen (secondary N) is 1. The Kier molecular flexibility index (Phi) is 3.46. The molecule has 1 saturated carbocycles. The van der Waals surface area contributed by atoms with Crippen LogP contribution in [0.3, 0.4) is 0 Å². The Morgan fingerprint density at radius 3 is 2.87 bits per heavy atom. The summed E-state index contributed by atoms with van der Waals surface area (Å²) in [5, 5.41) is 12.2. The summed E-state index contributed by atoms with van der Waals surface area (Å²) in [6, 6.07) is 5.64. The number of allylic oxidation sites excluding steroid dienone is 2. The number of hydrogen-bond donors (Lipinski definition) is 2. The number of nitrogens with zero attached hydrogens (tertiary/aromatic N) is 5. The summed E-state index contributed by atoms with van der Waals surface area (Å²) in [4.78, 5) is 41.5. The number of ether oxygens (including phenoxy) is 1. The van der Waals surface area contributed by atoms with Gasteiger partial charge >= 0.3 is 6.16 Å². The Labute approximate surface area is 169 Å². The molecule has 5 atom stereocenters. The maximum Gasteiger partial charge on any atom is 0.512 e. The molecule has 0 aromatic carbocycles. The summed E-state index contributed by atoms with van der Waals surface area (Å²) in [6.45, 7) is 0. The monoisotopic (exact) mass is 404 g/mol. The summed E-state index contributed by atoms with van der Waals surface area (Å²) in [5.74, 6) is 0.865. The molecule has 1 aliphatic heterocycles. The van der Waals surface area contributed by atoms with Crippen LogP contribution in [0.15, 0.2) is 47.5 Å². The number of pyridine rings is 1. The summed E-state index contributed by atoms with van der Waals surface area (Å²) >= 11 is 0. The van der Waals surface area contributed by atoms with Gasteiger partial charge in [0.05, 0.1) is 24.0 Å². The van der Waals surface area contributed by atoms with Crippen LogP contribution in [0.2, 0.25) is 0 Å². The smallest absolute Gasteiger partial charge is 0.449 e. The van der Waals surface area contributed by atoms with Gasteiger partial charge in [0.15, 0.2) is 11.2 Å². The summed E-state index contributed by atoms with van der Waals surface area (Å²) < 4.78 is 6.22. The third kappa shape index (κ3) is 2.36. The maximum atomic E-state index is 13.4. The maximum absolute atomic E-state index is 13.4. The number of aromatic nitrogens is 5. The number of carboxylic acid groups (broad SMARTS) is 1. The molecule has 10 heteroatoms. The second-order valence-corrected chi connectivity index (χ2v) is 7.75. The van der Waals surface area contributed by atoms with E-state index in [9.17, 15) is 9.59 Å². The van der Waals surface area contributed by atoms with E-state index in [1.165, 1.54) is 0 Å². The van der Waals surface area contributed by atoms with Crippen molar-refractivity contribution >= 4 is 23.3 Å². The highest BCUT2D eigenvalue weighted by atomic mass is 16.7. The normalized spacial score (nSPS) is 28.1. The molecule has 3 aromatic heterocycles. The van der Waals surface area contributed by atoms with Gasteiger partial charge in [-0.15, -0.1) is 0 Å². The predicted octanol–water partition coefficient (Wildman–Crippen LogP) is 2.17. The first-order valence-corrected chi connectivity index (χ1v) is 9.66. The zero-order chi connectivity index (χ0) is 20.4. The van der Waals surface area contributed by atoms with Crippen molar-refractivity contribution in [2.45, 2.75) is 18.5 Å². The van der Waals surface area contributed by atoms with Crippen molar-refractivity contribution < 1.29 is 14.6 Å². The predicted molar refractivity (Wildman–Crippen MR) is 104 cm³/mol. The first-order chi connectivity index (χ1) is 14.6. The molecule has 2 N–H and O–H groups in total. The van der Waals surface area contributed by atoms with Crippen LogP contribution in [0.5, 0.6) is 5.88 Å². The molecular formula is C20H16N6O4. The Hall–Kier alpha value is -3.82. The van der Waals surface area contributed by atoms with E-state index in [4.69, 9.17) is 5.11 Å². The van der Waals surface area contributed by atoms with Gasteiger partial charge < -0.3 is 15.2 Å². The van der Waals surface area contributed by atoms with Gasteiger partial charge in [-0.3, -0.25) is 14.3 Å². The largest absolute Gasteiger partial charge is 0.512 e. The fourth-order valence-electron chi connectivity index (χ4n) is 5.18. The molecule has 150 valence electrons. The minimum absolute atomic E-state index is 0.0129. The molecule has 2 aliphatic carbocycles. The molecule has 10 nitrogen and oxygen atoms in total. The van der Waals surface area contributed by atoms with Gasteiger partial charge in [0.1, 0.15) is 0 Å². The fraction of sp³-hybridized carbons (Fsp3) is 0.300. The Bertz CT molecular complexity index is 1270. The van der Waals surface area contributed by atoms with Gasteiger partial charge in [-0.1, -0.05) is 18.2 Å². The number of hydrogen-bond acceptors (Lipinski definition) is 8. The average Bonchev–Trinajstić information content (AvgIpc) is 3.36. The fourth-order valence-corrected chi connectivity index (χ4v) is 5.18. The molecule has 3 aromatic rings. The standard InChI is InChI=1S/C20H16N6O4/c27-18-15-17(22-8-12(23-15)30-20(28)29)25-19-24-14(11-3-1-2-6-21-11)13-9-4-5-10(7-9)16(13)26(18)19/h1-6,8-10,13-14,16H,7H2,(H,28,29)(H,22,24,25). The lowest BCUT2D eigenvalue weighted by molar-refractivity contribution is 0.142. The molecule has 5 unspecified atom stereocenters. The highest BCUT2D eigenvalue weighted by Gasteiger charge is 2.53. The van der Waals surface area contributed by atoms with Crippen molar-refractivity contribution in [3.05, 3.63) is 58.8 Å². The van der Waals surface area contributed by atoms with Crippen molar-refractivity contribution in [2.24, 2.45) is 17.8 Å². The van der Waals surface area contributed by atoms with Gasteiger partial charge in [0.2, 0.25) is 11.8 Å². The topological polar surface area (TPSA) is 132 Å². The van der Waals surface area contributed by atoms with Crippen molar-refractivity contribution in [1.82, 2.24) is 24.5 Å². The Balaban J connectivity index is 1.55. The molecular weight excluding hydrogens is 388 g/mol. The van der Waals surface area contributed by atoms with E-state index in [2.05, 4.69) is 42.1 Å². The van der Waals surface area contributed by atoms with E-state index in [1.54, 1.807) is 10.8 Å². The van der Waals surface area contributed by atoms with Crippen LogP contribution < -0.4 is 15.6 Å². The summed E-state index contributed by atoms with van der Waals surface area (Å²) in [6.07, 6.45) is 6.75. The molecule has 0 radical (unpaired) electrons.